The van der Waals surface area contributed by atoms with Crippen molar-refractivity contribution in [1.29, 1.82) is 0 Å². The highest BCUT2D eigenvalue weighted by atomic mass is 35.5. The molecule has 0 aliphatic carbocycles. The van der Waals surface area contributed by atoms with Gasteiger partial charge in [-0.3, -0.25) is 4.79 Å². The van der Waals surface area contributed by atoms with Crippen LogP contribution in [0.1, 0.15) is 16.1 Å². The molecule has 0 atom stereocenters. The summed E-state index contributed by atoms with van der Waals surface area (Å²) in [4.78, 5) is 22.9. The van der Waals surface area contributed by atoms with E-state index in [1.807, 2.05) is 0 Å². The minimum Gasteiger partial charge on any atom is -0.287 e. The molecular formula is C10H4Cl2FN3O. The fraction of sp³-hybridized carbons (Fsp3) is 0. The summed E-state index contributed by atoms with van der Waals surface area (Å²) < 4.78 is 13.0. The highest BCUT2D eigenvalue weighted by molar-refractivity contribution is 6.37. The van der Waals surface area contributed by atoms with Crippen LogP contribution in [0.5, 0.6) is 0 Å². The van der Waals surface area contributed by atoms with Crippen LogP contribution >= 0.6 is 23.2 Å². The Hall–Kier alpha value is -1.59. The van der Waals surface area contributed by atoms with E-state index in [1.54, 1.807) is 0 Å². The van der Waals surface area contributed by atoms with Crippen LogP contribution in [0.4, 0.5) is 4.39 Å². The number of pyridine rings is 1. The second-order valence-corrected chi connectivity index (χ2v) is 3.81. The van der Waals surface area contributed by atoms with Crippen molar-refractivity contribution in [2.75, 3.05) is 0 Å². The van der Waals surface area contributed by atoms with Gasteiger partial charge < -0.3 is 0 Å². The average molecular weight is 272 g/mol. The van der Waals surface area contributed by atoms with E-state index in [0.29, 0.717) is 0 Å². The first-order valence-corrected chi connectivity index (χ1v) is 5.16. The zero-order chi connectivity index (χ0) is 12.4. The van der Waals surface area contributed by atoms with E-state index < -0.39 is 11.6 Å². The van der Waals surface area contributed by atoms with Crippen molar-refractivity contribution in [3.8, 4) is 0 Å². The Morgan fingerprint density at radius 3 is 2.71 bits per heavy atom. The van der Waals surface area contributed by atoms with Gasteiger partial charge in [0, 0.05) is 6.20 Å². The van der Waals surface area contributed by atoms with Crippen molar-refractivity contribution in [2.24, 2.45) is 0 Å². The molecule has 17 heavy (non-hydrogen) atoms. The quantitative estimate of drug-likeness (QED) is 0.622. The van der Waals surface area contributed by atoms with Gasteiger partial charge in [-0.2, -0.15) is 0 Å². The third-order valence-electron chi connectivity index (χ3n) is 1.93. The molecule has 0 bridgehead atoms. The normalized spacial score (nSPS) is 10.3. The first kappa shape index (κ1) is 11.9. The van der Waals surface area contributed by atoms with E-state index in [9.17, 15) is 9.18 Å². The van der Waals surface area contributed by atoms with Crippen molar-refractivity contribution < 1.29 is 9.18 Å². The largest absolute Gasteiger partial charge is 0.287 e. The molecule has 4 nitrogen and oxygen atoms in total. The minimum absolute atomic E-state index is 0.0454. The van der Waals surface area contributed by atoms with Crippen LogP contribution in [-0.4, -0.2) is 20.7 Å². The summed E-state index contributed by atoms with van der Waals surface area (Å²) >= 11 is 11.5. The maximum Gasteiger partial charge on any atom is 0.216 e. The molecule has 0 aliphatic heterocycles. The Morgan fingerprint density at radius 1 is 1.24 bits per heavy atom. The van der Waals surface area contributed by atoms with Crippen molar-refractivity contribution in [2.45, 2.75) is 0 Å². The highest BCUT2D eigenvalue weighted by Crippen LogP contribution is 2.20. The van der Waals surface area contributed by atoms with Gasteiger partial charge in [0.1, 0.15) is 23.0 Å². The van der Waals surface area contributed by atoms with Gasteiger partial charge in [0.15, 0.2) is 0 Å². The van der Waals surface area contributed by atoms with E-state index in [1.165, 1.54) is 12.5 Å². The Morgan fingerprint density at radius 2 is 2.00 bits per heavy atom. The fourth-order valence-corrected chi connectivity index (χ4v) is 1.57. The molecule has 0 saturated heterocycles. The number of hydrogen-bond acceptors (Lipinski definition) is 4. The van der Waals surface area contributed by atoms with Crippen LogP contribution in [0.2, 0.25) is 10.2 Å². The molecule has 2 rings (SSSR count). The predicted octanol–water partition coefficient (Wildman–Crippen LogP) is 2.55. The summed E-state index contributed by atoms with van der Waals surface area (Å²) in [5.74, 6) is -1.27. The number of nitrogens with zero attached hydrogens (tertiary/aromatic N) is 3. The number of halogens is 3. The first-order valence-electron chi connectivity index (χ1n) is 4.41. The smallest absolute Gasteiger partial charge is 0.216 e. The van der Waals surface area contributed by atoms with Gasteiger partial charge >= 0.3 is 0 Å². The van der Waals surface area contributed by atoms with Crippen molar-refractivity contribution in [3.63, 3.8) is 0 Å². The van der Waals surface area contributed by atoms with E-state index in [0.717, 1.165) is 12.3 Å². The molecular weight excluding hydrogens is 268 g/mol. The van der Waals surface area contributed by atoms with Crippen LogP contribution in [0.25, 0.3) is 0 Å². The van der Waals surface area contributed by atoms with Gasteiger partial charge in [-0.05, 0) is 6.07 Å². The van der Waals surface area contributed by atoms with Crippen molar-refractivity contribution >= 4 is 29.0 Å². The minimum atomic E-state index is -0.664. The molecule has 2 aromatic heterocycles. The summed E-state index contributed by atoms with van der Waals surface area (Å²) in [7, 11) is 0. The first-order chi connectivity index (χ1) is 8.09. The molecule has 0 fully saturated rings. The van der Waals surface area contributed by atoms with E-state index in [2.05, 4.69) is 15.0 Å². The third-order valence-corrected chi connectivity index (χ3v) is 2.51. The lowest BCUT2D eigenvalue weighted by atomic mass is 10.1. The summed E-state index contributed by atoms with van der Waals surface area (Å²) in [6.45, 7) is 0. The second kappa shape index (κ2) is 4.73. The molecule has 0 aromatic carbocycles. The topological polar surface area (TPSA) is 55.7 Å². The Bertz CT molecular complexity index is 592. The molecule has 2 aromatic rings. The molecule has 0 unspecified atom stereocenters. The lowest BCUT2D eigenvalue weighted by Crippen LogP contribution is -2.07. The lowest BCUT2D eigenvalue weighted by molar-refractivity contribution is 0.103. The Balaban J connectivity index is 2.51. The molecule has 86 valence electrons. The number of ketones is 1. The summed E-state index contributed by atoms with van der Waals surface area (Å²) in [6, 6.07) is 0.982. The highest BCUT2D eigenvalue weighted by Gasteiger charge is 2.18. The standard InChI is InChI=1S/C10H4Cl2FN3O/c11-7-3-14-4-16-8(7)9(17)6-1-5(13)2-15-10(6)12/h1-4H. The van der Waals surface area contributed by atoms with Gasteiger partial charge in [-0.1, -0.05) is 23.2 Å². The van der Waals surface area contributed by atoms with Crippen LogP contribution < -0.4 is 0 Å². The maximum atomic E-state index is 13.0. The molecule has 7 heteroatoms. The van der Waals surface area contributed by atoms with Crippen LogP contribution in [0, 0.1) is 5.82 Å². The molecule has 0 aliphatic rings. The van der Waals surface area contributed by atoms with Gasteiger partial charge in [-0.15, -0.1) is 0 Å². The zero-order valence-corrected chi connectivity index (χ0v) is 9.71. The van der Waals surface area contributed by atoms with Crippen LogP contribution in [0.15, 0.2) is 24.8 Å². The summed E-state index contributed by atoms with van der Waals surface area (Å²) in [5.41, 5.74) is -0.136. The van der Waals surface area contributed by atoms with Gasteiger partial charge in [0.25, 0.3) is 0 Å². The van der Waals surface area contributed by atoms with E-state index >= 15 is 0 Å². The Kier molecular flexibility index (Phi) is 3.31. The van der Waals surface area contributed by atoms with Crippen molar-refractivity contribution in [3.05, 3.63) is 52.0 Å². The lowest BCUT2D eigenvalue weighted by Gasteiger charge is -2.03. The number of carbonyl (C=O) groups is 1. The van der Waals surface area contributed by atoms with Crippen LogP contribution in [0.3, 0.4) is 0 Å². The monoisotopic (exact) mass is 271 g/mol. The number of aromatic nitrogens is 3. The maximum absolute atomic E-state index is 13.0. The second-order valence-electron chi connectivity index (χ2n) is 3.04. The van der Waals surface area contributed by atoms with Gasteiger partial charge in [0.05, 0.1) is 16.8 Å². The summed E-state index contributed by atoms with van der Waals surface area (Å²) in [6.07, 6.45) is 3.35. The number of rotatable bonds is 2. The molecule has 0 saturated carbocycles. The van der Waals surface area contributed by atoms with E-state index in [4.69, 9.17) is 23.2 Å². The number of hydrogen-bond donors (Lipinski definition) is 0. The van der Waals surface area contributed by atoms with E-state index in [-0.39, 0.29) is 21.4 Å². The van der Waals surface area contributed by atoms with Gasteiger partial charge in [-0.25, -0.2) is 19.3 Å². The fourth-order valence-electron chi connectivity index (χ4n) is 1.19. The average Bonchev–Trinajstić information content (AvgIpc) is 2.32. The molecule has 0 radical (unpaired) electrons. The Labute approximate surface area is 105 Å². The van der Waals surface area contributed by atoms with Crippen molar-refractivity contribution in [1.82, 2.24) is 15.0 Å². The third kappa shape index (κ3) is 2.40. The molecule has 2 heterocycles. The molecule has 0 N–H and O–H groups in total. The SMILES string of the molecule is O=C(c1cc(F)cnc1Cl)c1ncncc1Cl. The summed E-state index contributed by atoms with van der Waals surface area (Å²) in [5, 5.41) is -0.0380. The predicted molar refractivity (Wildman–Crippen MR) is 59.7 cm³/mol. The van der Waals surface area contributed by atoms with Crippen LogP contribution in [-0.2, 0) is 0 Å². The van der Waals surface area contributed by atoms with Gasteiger partial charge in [0.2, 0.25) is 5.78 Å². The molecule has 0 spiro atoms. The number of carbonyl (C=O) groups excluding carboxylic acids is 1. The zero-order valence-electron chi connectivity index (χ0n) is 8.19. The molecule has 0 amide bonds.